The number of Topliss-reactive ketones (excluding diaryl/α,β-unsaturated/α-hetero) is 1. The molecule has 1 amide bonds. The molecule has 3 aromatic rings. The molecule has 1 fully saturated rings. The minimum Gasteiger partial charge on any atom is -0.507 e. The van der Waals surface area contributed by atoms with Gasteiger partial charge in [0.15, 0.2) is 0 Å². The summed E-state index contributed by atoms with van der Waals surface area (Å²) < 4.78 is 15.2. The number of hydrogen-bond acceptors (Lipinski definition) is 5. The van der Waals surface area contributed by atoms with Gasteiger partial charge in [-0.05, 0) is 43.2 Å². The molecule has 0 unspecified atom stereocenters. The Morgan fingerprint density at radius 2 is 1.87 bits per heavy atom. The molecule has 0 aliphatic carbocycles. The lowest BCUT2D eigenvalue weighted by Crippen LogP contribution is -2.29. The van der Waals surface area contributed by atoms with Crippen molar-refractivity contribution in [3.8, 4) is 0 Å². The van der Waals surface area contributed by atoms with Crippen LogP contribution in [0.4, 0.5) is 4.39 Å². The standard InChI is InChI=1S/C23H21FN4O3/c1-13-18(14(2)27(3)26-13)21(29)19-20(16-6-8-17(24)9-7-16)28(23(31)22(19)30)12-15-5-4-10-25-11-15/h4-11,20,29H,12H2,1-3H3/b21-19+/t20-/m1/s1. The number of ketones is 1. The van der Waals surface area contributed by atoms with E-state index in [2.05, 4.69) is 10.1 Å². The number of benzene rings is 1. The molecule has 0 radical (unpaired) electrons. The van der Waals surface area contributed by atoms with Gasteiger partial charge in [-0.15, -0.1) is 0 Å². The fourth-order valence-electron chi connectivity index (χ4n) is 3.97. The second-order valence-corrected chi connectivity index (χ2v) is 7.51. The Balaban J connectivity index is 1.91. The summed E-state index contributed by atoms with van der Waals surface area (Å²) >= 11 is 0. The Morgan fingerprint density at radius 3 is 2.45 bits per heavy atom. The number of hydrogen-bond donors (Lipinski definition) is 1. The number of aliphatic hydroxyl groups excluding tert-OH is 1. The van der Waals surface area contributed by atoms with Crippen molar-refractivity contribution in [2.45, 2.75) is 26.4 Å². The summed E-state index contributed by atoms with van der Waals surface area (Å²) in [6.07, 6.45) is 3.22. The van der Waals surface area contributed by atoms with Crippen LogP contribution in [-0.4, -0.2) is 36.5 Å². The molecule has 0 spiro atoms. The smallest absolute Gasteiger partial charge is 0.295 e. The van der Waals surface area contributed by atoms with E-state index >= 15 is 0 Å². The number of carbonyl (C=O) groups is 2. The van der Waals surface area contributed by atoms with Crippen LogP contribution in [0.15, 0.2) is 54.4 Å². The van der Waals surface area contributed by atoms with E-state index in [0.717, 1.165) is 5.56 Å². The van der Waals surface area contributed by atoms with Gasteiger partial charge in [0.25, 0.3) is 11.7 Å². The van der Waals surface area contributed by atoms with Gasteiger partial charge in [-0.3, -0.25) is 19.3 Å². The molecule has 1 aromatic carbocycles. The molecular formula is C23H21FN4O3. The number of aliphatic hydroxyl groups is 1. The summed E-state index contributed by atoms with van der Waals surface area (Å²) in [6.45, 7) is 3.61. The van der Waals surface area contributed by atoms with Crippen LogP contribution in [0.25, 0.3) is 5.76 Å². The van der Waals surface area contributed by atoms with Gasteiger partial charge in [-0.1, -0.05) is 18.2 Å². The van der Waals surface area contributed by atoms with Crippen LogP contribution in [0.3, 0.4) is 0 Å². The lowest BCUT2D eigenvalue weighted by Gasteiger charge is -2.25. The number of halogens is 1. The predicted molar refractivity (Wildman–Crippen MR) is 111 cm³/mol. The highest BCUT2D eigenvalue weighted by atomic mass is 19.1. The molecule has 1 aliphatic heterocycles. The van der Waals surface area contributed by atoms with E-state index in [0.29, 0.717) is 22.5 Å². The van der Waals surface area contributed by atoms with Crippen LogP contribution in [0.2, 0.25) is 0 Å². The minimum atomic E-state index is -0.875. The third-order valence-electron chi connectivity index (χ3n) is 5.55. The fourth-order valence-corrected chi connectivity index (χ4v) is 3.97. The molecule has 1 aliphatic rings. The average molecular weight is 420 g/mol. The van der Waals surface area contributed by atoms with Gasteiger partial charge in [0, 0.05) is 31.7 Å². The molecule has 7 nitrogen and oxygen atoms in total. The molecule has 1 N–H and O–H groups in total. The number of aromatic nitrogens is 3. The van der Waals surface area contributed by atoms with Gasteiger partial charge in [-0.2, -0.15) is 5.10 Å². The van der Waals surface area contributed by atoms with E-state index in [4.69, 9.17) is 0 Å². The van der Waals surface area contributed by atoms with Crippen molar-refractivity contribution < 1.29 is 19.1 Å². The minimum absolute atomic E-state index is 0.0419. The average Bonchev–Trinajstić information content (AvgIpc) is 3.15. The van der Waals surface area contributed by atoms with Crippen LogP contribution < -0.4 is 0 Å². The zero-order chi connectivity index (χ0) is 22.3. The van der Waals surface area contributed by atoms with Crippen molar-refractivity contribution in [2.24, 2.45) is 7.05 Å². The normalized spacial score (nSPS) is 18.1. The summed E-state index contributed by atoms with van der Waals surface area (Å²) in [6, 6.07) is 8.21. The Labute approximate surface area is 178 Å². The Bertz CT molecular complexity index is 1200. The monoisotopic (exact) mass is 420 g/mol. The largest absolute Gasteiger partial charge is 0.507 e. The van der Waals surface area contributed by atoms with E-state index in [1.807, 2.05) is 0 Å². The summed E-state index contributed by atoms with van der Waals surface area (Å²) in [5.41, 5.74) is 2.81. The van der Waals surface area contributed by atoms with E-state index < -0.39 is 23.5 Å². The van der Waals surface area contributed by atoms with Crippen molar-refractivity contribution in [1.82, 2.24) is 19.7 Å². The highest BCUT2D eigenvalue weighted by Gasteiger charge is 2.46. The topological polar surface area (TPSA) is 88.3 Å². The first-order valence-electron chi connectivity index (χ1n) is 9.73. The van der Waals surface area contributed by atoms with Gasteiger partial charge >= 0.3 is 0 Å². The second-order valence-electron chi connectivity index (χ2n) is 7.51. The van der Waals surface area contributed by atoms with Gasteiger partial charge in [0.1, 0.15) is 11.6 Å². The lowest BCUT2D eigenvalue weighted by molar-refractivity contribution is -0.140. The SMILES string of the molecule is Cc1nn(C)c(C)c1/C(O)=C1\C(=O)C(=O)N(Cc2cccnc2)[C@@H]1c1ccc(F)cc1. The first-order chi connectivity index (χ1) is 14.8. The number of aryl methyl sites for hydroxylation is 2. The molecule has 158 valence electrons. The first-order valence-corrected chi connectivity index (χ1v) is 9.73. The van der Waals surface area contributed by atoms with E-state index in [9.17, 15) is 19.1 Å². The number of carbonyl (C=O) groups excluding carboxylic acids is 2. The van der Waals surface area contributed by atoms with Gasteiger partial charge in [0.05, 0.1) is 22.9 Å². The van der Waals surface area contributed by atoms with Crippen LogP contribution >= 0.6 is 0 Å². The summed E-state index contributed by atoms with van der Waals surface area (Å²) in [5.74, 6) is -2.26. The molecule has 1 saturated heterocycles. The number of amides is 1. The lowest BCUT2D eigenvalue weighted by atomic mass is 9.94. The molecular weight excluding hydrogens is 399 g/mol. The molecule has 1 atom stereocenters. The summed E-state index contributed by atoms with van der Waals surface area (Å²) in [5, 5.41) is 15.5. The van der Waals surface area contributed by atoms with E-state index in [1.54, 1.807) is 50.1 Å². The Morgan fingerprint density at radius 1 is 1.16 bits per heavy atom. The van der Waals surface area contributed by atoms with Crippen molar-refractivity contribution in [3.05, 3.63) is 88.3 Å². The summed E-state index contributed by atoms with van der Waals surface area (Å²) in [7, 11) is 1.73. The maximum atomic E-state index is 13.6. The number of pyridine rings is 1. The maximum Gasteiger partial charge on any atom is 0.295 e. The molecule has 3 heterocycles. The number of nitrogens with zero attached hydrogens (tertiary/aromatic N) is 4. The number of rotatable bonds is 4. The summed E-state index contributed by atoms with van der Waals surface area (Å²) in [4.78, 5) is 31.5. The van der Waals surface area contributed by atoms with Gasteiger partial charge < -0.3 is 10.0 Å². The van der Waals surface area contributed by atoms with Gasteiger partial charge in [0.2, 0.25) is 0 Å². The molecule has 31 heavy (non-hydrogen) atoms. The van der Waals surface area contributed by atoms with Crippen LogP contribution in [0.5, 0.6) is 0 Å². The van der Waals surface area contributed by atoms with Crippen molar-refractivity contribution in [3.63, 3.8) is 0 Å². The van der Waals surface area contributed by atoms with Crippen LogP contribution in [0, 0.1) is 19.7 Å². The first kappa shape index (κ1) is 20.5. The van der Waals surface area contributed by atoms with Crippen molar-refractivity contribution in [1.29, 1.82) is 0 Å². The van der Waals surface area contributed by atoms with E-state index in [-0.39, 0.29) is 17.9 Å². The van der Waals surface area contributed by atoms with Gasteiger partial charge in [-0.25, -0.2) is 4.39 Å². The Hall–Kier alpha value is -3.81. The Kier molecular flexibility index (Phi) is 5.14. The zero-order valence-electron chi connectivity index (χ0n) is 17.3. The quantitative estimate of drug-likeness (QED) is 0.398. The molecule has 0 bridgehead atoms. The molecule has 8 heteroatoms. The third kappa shape index (κ3) is 3.50. The zero-order valence-corrected chi connectivity index (χ0v) is 17.3. The fraction of sp³-hybridized carbons (Fsp3) is 0.217. The van der Waals surface area contributed by atoms with E-state index in [1.165, 1.54) is 29.2 Å². The highest BCUT2D eigenvalue weighted by Crippen LogP contribution is 2.41. The van der Waals surface area contributed by atoms with Crippen LogP contribution in [0.1, 0.15) is 34.1 Å². The molecule has 4 rings (SSSR count). The van der Waals surface area contributed by atoms with Crippen LogP contribution in [-0.2, 0) is 23.2 Å². The highest BCUT2D eigenvalue weighted by molar-refractivity contribution is 6.46. The van der Waals surface area contributed by atoms with Crippen molar-refractivity contribution in [2.75, 3.05) is 0 Å². The second kappa shape index (κ2) is 7.79. The molecule has 2 aromatic heterocycles. The predicted octanol–water partition coefficient (Wildman–Crippen LogP) is 3.19. The molecule has 0 saturated carbocycles. The maximum absolute atomic E-state index is 13.6. The van der Waals surface area contributed by atoms with Crippen molar-refractivity contribution >= 4 is 17.4 Å². The number of likely N-dealkylation sites (tertiary alicyclic amines) is 1. The third-order valence-corrected chi connectivity index (χ3v) is 5.55.